The molecule has 0 radical (unpaired) electrons. The van der Waals surface area contributed by atoms with E-state index < -0.39 is 11.4 Å². The molecule has 4 nitrogen and oxygen atoms in total. The predicted molar refractivity (Wildman–Crippen MR) is 63.7 cm³/mol. The summed E-state index contributed by atoms with van der Waals surface area (Å²) in [7, 11) is 0. The number of pyridine rings is 1. The average Bonchev–Trinajstić information content (AvgIpc) is 2.29. The van der Waals surface area contributed by atoms with E-state index in [0.717, 1.165) is 5.56 Å². The number of hydrogen-bond acceptors (Lipinski definition) is 4. The first-order chi connectivity index (χ1) is 7.91. The Morgan fingerprint density at radius 3 is 2.59 bits per heavy atom. The van der Waals surface area contributed by atoms with E-state index in [1.165, 1.54) is 0 Å². The fraction of sp³-hybridized carbons (Fsp3) is 0.462. The van der Waals surface area contributed by atoms with Gasteiger partial charge in [0.05, 0.1) is 6.61 Å². The molecule has 0 saturated carbocycles. The minimum Gasteiger partial charge on any atom is -0.465 e. The fourth-order valence-corrected chi connectivity index (χ4v) is 1.47. The lowest BCUT2D eigenvalue weighted by Gasteiger charge is -2.21. The maximum atomic E-state index is 12.3. The number of esters is 1. The van der Waals surface area contributed by atoms with Crippen molar-refractivity contribution in [1.29, 1.82) is 0 Å². The van der Waals surface area contributed by atoms with Crippen molar-refractivity contribution in [3.05, 3.63) is 29.6 Å². The van der Waals surface area contributed by atoms with Crippen molar-refractivity contribution >= 4 is 11.8 Å². The van der Waals surface area contributed by atoms with E-state index in [9.17, 15) is 9.59 Å². The smallest absolute Gasteiger partial charge is 0.319 e. The van der Waals surface area contributed by atoms with E-state index in [4.69, 9.17) is 4.74 Å². The van der Waals surface area contributed by atoms with Crippen LogP contribution in [0.4, 0.5) is 0 Å². The van der Waals surface area contributed by atoms with Gasteiger partial charge >= 0.3 is 5.97 Å². The molecular weight excluding hydrogens is 218 g/mol. The van der Waals surface area contributed by atoms with Crippen LogP contribution in [0.2, 0.25) is 0 Å². The molecule has 0 spiro atoms. The van der Waals surface area contributed by atoms with Gasteiger partial charge in [-0.25, -0.2) is 0 Å². The third kappa shape index (κ3) is 2.70. The van der Waals surface area contributed by atoms with Gasteiger partial charge in [-0.05, 0) is 39.3 Å². The molecule has 1 aromatic rings. The average molecular weight is 235 g/mol. The predicted octanol–water partition coefficient (Wildman–Crippen LogP) is 2.16. The normalized spacial score (nSPS) is 11.1. The fourth-order valence-electron chi connectivity index (χ4n) is 1.47. The number of ketones is 1. The van der Waals surface area contributed by atoms with Gasteiger partial charge < -0.3 is 4.74 Å². The number of ether oxygens (including phenoxy) is 1. The molecule has 0 aromatic carbocycles. The molecule has 1 aromatic heterocycles. The van der Waals surface area contributed by atoms with Crippen LogP contribution in [0, 0.1) is 12.3 Å². The standard InChI is InChI=1S/C13H17NO3/c1-5-17-12(16)13(3,4)11(15)10-6-7-14-8-9(10)2/h6-8H,5H2,1-4H3. The molecule has 0 aliphatic rings. The molecule has 92 valence electrons. The summed E-state index contributed by atoms with van der Waals surface area (Å²) in [5.41, 5.74) is 0.107. The van der Waals surface area contributed by atoms with Crippen LogP contribution in [0.1, 0.15) is 36.7 Å². The van der Waals surface area contributed by atoms with Gasteiger partial charge in [0.25, 0.3) is 0 Å². The molecule has 0 bridgehead atoms. The second-order valence-electron chi connectivity index (χ2n) is 4.37. The molecule has 0 atom stereocenters. The highest BCUT2D eigenvalue weighted by molar-refractivity contribution is 6.12. The number of aromatic nitrogens is 1. The first kappa shape index (κ1) is 13.4. The summed E-state index contributed by atoms with van der Waals surface area (Å²) in [5.74, 6) is -0.739. The van der Waals surface area contributed by atoms with Gasteiger partial charge in [0, 0.05) is 18.0 Å². The molecule has 0 saturated heterocycles. The lowest BCUT2D eigenvalue weighted by atomic mass is 9.83. The van der Waals surface area contributed by atoms with Gasteiger partial charge in [0.15, 0.2) is 5.78 Å². The van der Waals surface area contributed by atoms with Crippen LogP contribution in [-0.4, -0.2) is 23.3 Å². The SMILES string of the molecule is CCOC(=O)C(C)(C)C(=O)c1ccncc1C. The first-order valence-electron chi connectivity index (χ1n) is 5.54. The maximum absolute atomic E-state index is 12.3. The summed E-state index contributed by atoms with van der Waals surface area (Å²) >= 11 is 0. The van der Waals surface area contributed by atoms with Crippen LogP contribution in [0.25, 0.3) is 0 Å². The summed E-state index contributed by atoms with van der Waals surface area (Å²) in [4.78, 5) is 27.9. The molecule has 17 heavy (non-hydrogen) atoms. The van der Waals surface area contributed by atoms with Crippen LogP contribution < -0.4 is 0 Å². The van der Waals surface area contributed by atoms with E-state index in [2.05, 4.69) is 4.98 Å². The largest absolute Gasteiger partial charge is 0.465 e. The molecule has 1 rings (SSSR count). The quantitative estimate of drug-likeness (QED) is 0.456. The van der Waals surface area contributed by atoms with E-state index in [0.29, 0.717) is 5.56 Å². The number of carbonyl (C=O) groups excluding carboxylic acids is 2. The Morgan fingerprint density at radius 2 is 2.06 bits per heavy atom. The zero-order valence-electron chi connectivity index (χ0n) is 10.6. The van der Waals surface area contributed by atoms with Crippen molar-refractivity contribution in [1.82, 2.24) is 4.98 Å². The van der Waals surface area contributed by atoms with Crippen molar-refractivity contribution in [3.8, 4) is 0 Å². The Hall–Kier alpha value is -1.71. The monoisotopic (exact) mass is 235 g/mol. The van der Waals surface area contributed by atoms with Crippen LogP contribution >= 0.6 is 0 Å². The number of hydrogen-bond donors (Lipinski definition) is 0. The van der Waals surface area contributed by atoms with Gasteiger partial charge in [0.1, 0.15) is 5.41 Å². The highest BCUT2D eigenvalue weighted by atomic mass is 16.5. The molecule has 1 heterocycles. The van der Waals surface area contributed by atoms with Gasteiger partial charge in [-0.15, -0.1) is 0 Å². The third-order valence-corrected chi connectivity index (χ3v) is 2.62. The highest BCUT2D eigenvalue weighted by Crippen LogP contribution is 2.25. The molecule has 0 unspecified atom stereocenters. The van der Waals surface area contributed by atoms with Crippen LogP contribution in [0.5, 0.6) is 0 Å². The lowest BCUT2D eigenvalue weighted by molar-refractivity contribution is -0.150. The number of carbonyl (C=O) groups is 2. The third-order valence-electron chi connectivity index (χ3n) is 2.62. The van der Waals surface area contributed by atoms with Gasteiger partial charge in [-0.1, -0.05) is 0 Å². The van der Waals surface area contributed by atoms with Crippen LogP contribution in [0.15, 0.2) is 18.5 Å². The number of rotatable bonds is 4. The van der Waals surface area contributed by atoms with Crippen molar-refractivity contribution < 1.29 is 14.3 Å². The highest BCUT2D eigenvalue weighted by Gasteiger charge is 2.38. The van der Waals surface area contributed by atoms with E-state index in [-0.39, 0.29) is 12.4 Å². The van der Waals surface area contributed by atoms with E-state index in [1.807, 2.05) is 0 Å². The Labute approximate surface area is 101 Å². The maximum Gasteiger partial charge on any atom is 0.319 e. The van der Waals surface area contributed by atoms with Gasteiger partial charge in [-0.2, -0.15) is 0 Å². The molecule has 0 fully saturated rings. The Kier molecular flexibility index (Phi) is 3.99. The lowest BCUT2D eigenvalue weighted by Crippen LogP contribution is -2.35. The summed E-state index contributed by atoms with van der Waals surface area (Å²) in [6.07, 6.45) is 3.15. The first-order valence-corrected chi connectivity index (χ1v) is 5.54. The van der Waals surface area contributed by atoms with Gasteiger partial charge in [0.2, 0.25) is 0 Å². The van der Waals surface area contributed by atoms with Gasteiger partial charge in [-0.3, -0.25) is 14.6 Å². The number of Topliss-reactive ketones (excluding diaryl/α,β-unsaturated/α-hetero) is 1. The zero-order valence-corrected chi connectivity index (χ0v) is 10.6. The van der Waals surface area contributed by atoms with Crippen molar-refractivity contribution in [2.45, 2.75) is 27.7 Å². The number of aryl methyl sites for hydroxylation is 1. The number of nitrogens with zero attached hydrogens (tertiary/aromatic N) is 1. The second-order valence-corrected chi connectivity index (χ2v) is 4.37. The molecule has 0 amide bonds. The van der Waals surface area contributed by atoms with Crippen molar-refractivity contribution in [2.75, 3.05) is 6.61 Å². The topological polar surface area (TPSA) is 56.3 Å². The minimum atomic E-state index is -1.16. The second kappa shape index (κ2) is 5.08. The summed E-state index contributed by atoms with van der Waals surface area (Å²) in [6, 6.07) is 1.62. The Balaban J connectivity index is 3.05. The van der Waals surface area contributed by atoms with Crippen molar-refractivity contribution in [2.24, 2.45) is 5.41 Å². The Morgan fingerprint density at radius 1 is 1.41 bits per heavy atom. The van der Waals surface area contributed by atoms with E-state index in [1.54, 1.807) is 46.2 Å². The molecular formula is C13H17NO3. The summed E-state index contributed by atoms with van der Waals surface area (Å²) in [5, 5.41) is 0. The molecule has 0 aliphatic carbocycles. The summed E-state index contributed by atoms with van der Waals surface area (Å²) in [6.45, 7) is 6.93. The van der Waals surface area contributed by atoms with E-state index >= 15 is 0 Å². The molecule has 0 aliphatic heterocycles. The van der Waals surface area contributed by atoms with Crippen LogP contribution in [0.3, 0.4) is 0 Å². The summed E-state index contributed by atoms with van der Waals surface area (Å²) < 4.78 is 4.91. The minimum absolute atomic E-state index is 0.240. The molecule has 4 heteroatoms. The zero-order chi connectivity index (χ0) is 13.1. The van der Waals surface area contributed by atoms with Crippen molar-refractivity contribution in [3.63, 3.8) is 0 Å². The molecule has 0 N–H and O–H groups in total. The Bertz CT molecular complexity index is 438. The van der Waals surface area contributed by atoms with Crippen LogP contribution in [-0.2, 0) is 9.53 Å².